The zero-order valence-corrected chi connectivity index (χ0v) is 19.0. The number of carbonyl (C=O) groups is 2. The van der Waals surface area contributed by atoms with Gasteiger partial charge in [-0.3, -0.25) is 9.59 Å². The van der Waals surface area contributed by atoms with Crippen molar-refractivity contribution in [3.05, 3.63) is 35.6 Å². The molecule has 2 bridgehead atoms. The Kier molecular flexibility index (Phi) is 5.88. The van der Waals surface area contributed by atoms with Crippen LogP contribution in [0.15, 0.2) is 24.3 Å². The number of nitrogens with one attached hydrogen (secondary N) is 2. The van der Waals surface area contributed by atoms with E-state index >= 15 is 0 Å². The van der Waals surface area contributed by atoms with Gasteiger partial charge in [0.25, 0.3) is 5.91 Å². The zero-order valence-electron chi connectivity index (χ0n) is 19.0. The first-order valence-electron chi connectivity index (χ1n) is 11.6. The molecule has 5 nitrogen and oxygen atoms in total. The van der Waals surface area contributed by atoms with E-state index in [1.165, 1.54) is 12.1 Å². The molecule has 3 aliphatic rings. The first-order valence-corrected chi connectivity index (χ1v) is 11.6. The van der Waals surface area contributed by atoms with Crippen LogP contribution in [0, 0.1) is 34.4 Å². The van der Waals surface area contributed by atoms with E-state index in [-0.39, 0.29) is 40.7 Å². The molecular formula is C25H35FN2O3. The molecule has 1 saturated heterocycles. The first-order chi connectivity index (χ1) is 14.6. The molecule has 6 heteroatoms. The van der Waals surface area contributed by atoms with Gasteiger partial charge < -0.3 is 15.4 Å². The summed E-state index contributed by atoms with van der Waals surface area (Å²) in [6, 6.07) is 5.90. The van der Waals surface area contributed by atoms with Gasteiger partial charge in [-0.2, -0.15) is 0 Å². The van der Waals surface area contributed by atoms with E-state index < -0.39 is 5.82 Å². The van der Waals surface area contributed by atoms with Crippen molar-refractivity contribution in [2.75, 3.05) is 13.2 Å². The summed E-state index contributed by atoms with van der Waals surface area (Å²) in [6.45, 7) is 9.67. The maximum atomic E-state index is 13.4. The Labute approximate surface area is 184 Å². The Balaban J connectivity index is 1.43. The Morgan fingerprint density at radius 3 is 2.77 bits per heavy atom. The summed E-state index contributed by atoms with van der Waals surface area (Å²) in [6.07, 6.45) is 4.03. The standard InChI is InChI=1S/C25H35FN2O3/c1-15(2)21(29)28-23-24(3,4)17-13-19-20(31-11-9-25(19,23)14-17)8-10-27-22(30)16-6-5-7-18(26)12-16/h5-7,12,15,17,19-20,23H,8-11,13-14H2,1-4H3,(H,27,30)(H,28,29)/t17-,19-,20-,23-,25-/m1/s1. The van der Waals surface area contributed by atoms with Crippen LogP contribution in [0.4, 0.5) is 4.39 Å². The lowest BCUT2D eigenvalue weighted by Gasteiger charge is -2.53. The van der Waals surface area contributed by atoms with Gasteiger partial charge in [0.2, 0.25) is 5.91 Å². The number of hydrogen-bond acceptors (Lipinski definition) is 3. The van der Waals surface area contributed by atoms with Crippen molar-refractivity contribution in [2.45, 2.75) is 65.5 Å². The third kappa shape index (κ3) is 3.88. The largest absolute Gasteiger partial charge is 0.378 e. The molecule has 0 unspecified atom stereocenters. The SMILES string of the molecule is CC(C)C(=O)N[C@@H]1C(C)(C)[C@@H]2C[C@@H]3[C@@H](CCNC(=O)c4cccc(F)c4)OCC[C@@]31C2. The minimum atomic E-state index is -0.413. The van der Waals surface area contributed by atoms with Gasteiger partial charge in [0, 0.05) is 30.7 Å². The maximum Gasteiger partial charge on any atom is 0.251 e. The Morgan fingerprint density at radius 2 is 2.06 bits per heavy atom. The number of rotatable bonds is 6. The molecule has 1 heterocycles. The normalized spacial score (nSPS) is 33.2. The highest BCUT2D eigenvalue weighted by molar-refractivity contribution is 5.94. The van der Waals surface area contributed by atoms with Gasteiger partial charge in [0.15, 0.2) is 0 Å². The first kappa shape index (κ1) is 22.3. The number of hydrogen-bond donors (Lipinski definition) is 2. The lowest BCUT2D eigenvalue weighted by atomic mass is 9.59. The van der Waals surface area contributed by atoms with Crippen LogP contribution in [0.25, 0.3) is 0 Å². The summed E-state index contributed by atoms with van der Waals surface area (Å²) >= 11 is 0. The molecule has 31 heavy (non-hydrogen) atoms. The number of benzene rings is 1. The average molecular weight is 431 g/mol. The van der Waals surface area contributed by atoms with Crippen molar-refractivity contribution < 1.29 is 18.7 Å². The fourth-order valence-electron chi connectivity index (χ4n) is 6.56. The summed E-state index contributed by atoms with van der Waals surface area (Å²) < 4.78 is 19.6. The van der Waals surface area contributed by atoms with Gasteiger partial charge in [0.05, 0.1) is 6.10 Å². The van der Waals surface area contributed by atoms with Crippen LogP contribution < -0.4 is 10.6 Å². The molecule has 5 atom stereocenters. The summed E-state index contributed by atoms with van der Waals surface area (Å²) in [5, 5.41) is 6.33. The minimum Gasteiger partial charge on any atom is -0.378 e. The minimum absolute atomic E-state index is 0.0292. The molecule has 2 amide bonds. The summed E-state index contributed by atoms with van der Waals surface area (Å²) in [5.74, 6) is 0.386. The Bertz CT molecular complexity index is 855. The van der Waals surface area contributed by atoms with E-state index in [0.29, 0.717) is 30.6 Å². The third-order valence-electron chi connectivity index (χ3n) is 8.23. The van der Waals surface area contributed by atoms with E-state index in [1.807, 2.05) is 13.8 Å². The van der Waals surface area contributed by atoms with Crippen molar-refractivity contribution >= 4 is 11.8 Å². The van der Waals surface area contributed by atoms with E-state index in [1.54, 1.807) is 12.1 Å². The molecule has 2 aliphatic carbocycles. The van der Waals surface area contributed by atoms with Gasteiger partial charge in [-0.05, 0) is 66.5 Å². The van der Waals surface area contributed by atoms with Crippen molar-refractivity contribution in [2.24, 2.45) is 28.6 Å². The van der Waals surface area contributed by atoms with Crippen molar-refractivity contribution in [3.8, 4) is 0 Å². The Morgan fingerprint density at radius 1 is 1.29 bits per heavy atom. The number of amides is 2. The van der Waals surface area contributed by atoms with E-state index in [0.717, 1.165) is 25.7 Å². The fourth-order valence-corrected chi connectivity index (χ4v) is 6.56. The molecule has 0 radical (unpaired) electrons. The molecule has 170 valence electrons. The van der Waals surface area contributed by atoms with Gasteiger partial charge in [-0.25, -0.2) is 4.39 Å². The predicted molar refractivity (Wildman–Crippen MR) is 117 cm³/mol. The molecular weight excluding hydrogens is 395 g/mol. The molecule has 0 aromatic heterocycles. The number of carbonyl (C=O) groups excluding carboxylic acids is 2. The Hall–Kier alpha value is -1.95. The lowest BCUT2D eigenvalue weighted by molar-refractivity contribution is -0.138. The molecule has 2 N–H and O–H groups in total. The quantitative estimate of drug-likeness (QED) is 0.719. The fraction of sp³-hybridized carbons (Fsp3) is 0.680. The van der Waals surface area contributed by atoms with E-state index in [4.69, 9.17) is 4.74 Å². The van der Waals surface area contributed by atoms with Crippen LogP contribution in [0.2, 0.25) is 0 Å². The number of fused-ring (bicyclic) bond motifs is 1. The average Bonchev–Trinajstić information content (AvgIpc) is 3.21. The van der Waals surface area contributed by atoms with Crippen molar-refractivity contribution in [3.63, 3.8) is 0 Å². The zero-order chi connectivity index (χ0) is 22.4. The van der Waals surface area contributed by atoms with Crippen LogP contribution in [0.1, 0.15) is 63.7 Å². The van der Waals surface area contributed by atoms with Crippen LogP contribution in [-0.2, 0) is 9.53 Å². The highest BCUT2D eigenvalue weighted by Crippen LogP contribution is 2.68. The molecule has 1 aromatic carbocycles. The van der Waals surface area contributed by atoms with E-state index in [9.17, 15) is 14.0 Å². The maximum absolute atomic E-state index is 13.4. The second-order valence-corrected chi connectivity index (χ2v) is 10.6. The number of halogens is 1. The van der Waals surface area contributed by atoms with Crippen LogP contribution >= 0.6 is 0 Å². The van der Waals surface area contributed by atoms with Crippen LogP contribution in [0.3, 0.4) is 0 Å². The second-order valence-electron chi connectivity index (χ2n) is 10.6. The number of ether oxygens (including phenoxy) is 1. The van der Waals surface area contributed by atoms with Crippen LogP contribution in [0.5, 0.6) is 0 Å². The third-order valence-corrected chi connectivity index (χ3v) is 8.23. The van der Waals surface area contributed by atoms with Gasteiger partial charge in [-0.1, -0.05) is 33.8 Å². The molecule has 2 saturated carbocycles. The predicted octanol–water partition coefficient (Wildman–Crippen LogP) is 3.93. The van der Waals surface area contributed by atoms with Crippen molar-refractivity contribution in [1.29, 1.82) is 0 Å². The van der Waals surface area contributed by atoms with Gasteiger partial charge in [-0.15, -0.1) is 0 Å². The monoisotopic (exact) mass is 430 g/mol. The van der Waals surface area contributed by atoms with E-state index in [2.05, 4.69) is 24.5 Å². The summed E-state index contributed by atoms with van der Waals surface area (Å²) in [5.41, 5.74) is 0.488. The summed E-state index contributed by atoms with van der Waals surface area (Å²) in [7, 11) is 0. The lowest BCUT2D eigenvalue weighted by Crippen LogP contribution is -2.60. The molecule has 1 aliphatic heterocycles. The smallest absolute Gasteiger partial charge is 0.251 e. The highest BCUT2D eigenvalue weighted by atomic mass is 19.1. The molecule has 1 aromatic rings. The molecule has 1 spiro atoms. The van der Waals surface area contributed by atoms with Crippen molar-refractivity contribution in [1.82, 2.24) is 10.6 Å². The topological polar surface area (TPSA) is 67.4 Å². The summed E-state index contributed by atoms with van der Waals surface area (Å²) in [4.78, 5) is 25.0. The molecule has 4 rings (SSSR count). The van der Waals surface area contributed by atoms with Gasteiger partial charge >= 0.3 is 0 Å². The van der Waals surface area contributed by atoms with Gasteiger partial charge in [0.1, 0.15) is 5.82 Å². The highest BCUT2D eigenvalue weighted by Gasteiger charge is 2.68. The van der Waals surface area contributed by atoms with Crippen LogP contribution in [-0.4, -0.2) is 37.1 Å². The second kappa shape index (κ2) is 8.19. The molecule has 3 fully saturated rings.